The summed E-state index contributed by atoms with van der Waals surface area (Å²) in [6.45, 7) is 9.85. The Morgan fingerprint density at radius 3 is 2.44 bits per heavy atom. The monoisotopic (exact) mass is 129 g/mol. The zero-order chi connectivity index (χ0) is 7.11. The molecule has 0 amide bonds. The van der Waals surface area contributed by atoms with Gasteiger partial charge in [-0.1, -0.05) is 13.8 Å². The zero-order valence-corrected chi connectivity index (χ0v) is 6.27. The Bertz CT molecular complexity index is 48.9. The molecule has 0 heterocycles. The number of nitrogens with zero attached hydrogens (tertiary/aromatic N) is 1. The highest BCUT2D eigenvalue weighted by atomic mass is 15.1. The lowest BCUT2D eigenvalue weighted by molar-refractivity contribution is 0.301. The van der Waals surface area contributed by atoms with Crippen LogP contribution in [-0.2, 0) is 0 Å². The standard InChI is InChI=1S/C7H17N2/c1-3-6-9(4-2)7-5-8/h1,3-8H2,2H3. The fraction of sp³-hybridized carbons (Fsp3) is 0.857. The largest absolute Gasteiger partial charge is 0.329 e. The summed E-state index contributed by atoms with van der Waals surface area (Å²) in [6, 6.07) is 0. The number of hydrogen-bond acceptors (Lipinski definition) is 2. The van der Waals surface area contributed by atoms with Crippen molar-refractivity contribution in [1.82, 2.24) is 4.90 Å². The van der Waals surface area contributed by atoms with Crippen LogP contribution in [0.2, 0.25) is 0 Å². The molecule has 0 saturated carbocycles. The summed E-state index contributed by atoms with van der Waals surface area (Å²) in [5, 5.41) is 0. The van der Waals surface area contributed by atoms with E-state index in [1.165, 1.54) is 0 Å². The van der Waals surface area contributed by atoms with Gasteiger partial charge < -0.3 is 10.6 Å². The number of rotatable bonds is 5. The Kier molecular flexibility index (Phi) is 5.99. The van der Waals surface area contributed by atoms with Gasteiger partial charge in [-0.3, -0.25) is 0 Å². The van der Waals surface area contributed by atoms with Crippen molar-refractivity contribution in [3.63, 3.8) is 0 Å². The Balaban J connectivity index is 3.18. The van der Waals surface area contributed by atoms with Gasteiger partial charge >= 0.3 is 0 Å². The molecule has 0 bridgehead atoms. The van der Waals surface area contributed by atoms with Crippen molar-refractivity contribution in [1.29, 1.82) is 0 Å². The molecule has 0 rings (SSSR count). The van der Waals surface area contributed by atoms with E-state index in [4.69, 9.17) is 5.73 Å². The molecular weight excluding hydrogens is 112 g/mol. The average molecular weight is 129 g/mol. The average Bonchev–Trinajstić information content (AvgIpc) is 1.88. The van der Waals surface area contributed by atoms with Gasteiger partial charge in [-0.05, 0) is 19.5 Å². The van der Waals surface area contributed by atoms with Crippen molar-refractivity contribution in [2.45, 2.75) is 13.3 Å². The van der Waals surface area contributed by atoms with Gasteiger partial charge in [0, 0.05) is 13.1 Å². The van der Waals surface area contributed by atoms with Crippen molar-refractivity contribution in [2.24, 2.45) is 5.73 Å². The minimum Gasteiger partial charge on any atom is -0.329 e. The Morgan fingerprint density at radius 2 is 2.11 bits per heavy atom. The molecule has 1 radical (unpaired) electrons. The Morgan fingerprint density at radius 1 is 1.44 bits per heavy atom. The SMILES string of the molecule is [CH2]CCN(CC)CCN. The summed E-state index contributed by atoms with van der Waals surface area (Å²) in [6.07, 6.45) is 0.980. The van der Waals surface area contributed by atoms with Gasteiger partial charge in [0.25, 0.3) is 0 Å². The van der Waals surface area contributed by atoms with Crippen LogP contribution in [0.1, 0.15) is 13.3 Å². The van der Waals surface area contributed by atoms with E-state index in [1.807, 2.05) is 0 Å². The normalized spacial score (nSPS) is 10.7. The van der Waals surface area contributed by atoms with Crippen LogP contribution in [0.15, 0.2) is 0 Å². The quantitative estimate of drug-likeness (QED) is 0.585. The summed E-state index contributed by atoms with van der Waals surface area (Å²) in [7, 11) is 0. The lowest BCUT2D eigenvalue weighted by atomic mass is 10.4. The third kappa shape index (κ3) is 4.43. The van der Waals surface area contributed by atoms with Gasteiger partial charge in [-0.2, -0.15) is 0 Å². The van der Waals surface area contributed by atoms with E-state index >= 15 is 0 Å². The van der Waals surface area contributed by atoms with Crippen LogP contribution in [0, 0.1) is 6.92 Å². The smallest absolute Gasteiger partial charge is 0.0104 e. The highest BCUT2D eigenvalue weighted by Gasteiger charge is 1.95. The molecule has 0 fully saturated rings. The molecule has 0 aliphatic rings. The van der Waals surface area contributed by atoms with E-state index in [0.717, 1.165) is 32.6 Å². The predicted molar refractivity (Wildman–Crippen MR) is 41.1 cm³/mol. The molecule has 0 unspecified atom stereocenters. The molecule has 2 N–H and O–H groups in total. The first-order valence-electron chi connectivity index (χ1n) is 3.56. The molecule has 0 aromatic carbocycles. The molecule has 0 spiro atoms. The van der Waals surface area contributed by atoms with Gasteiger partial charge in [0.05, 0.1) is 0 Å². The van der Waals surface area contributed by atoms with Crippen molar-refractivity contribution >= 4 is 0 Å². The summed E-state index contributed by atoms with van der Waals surface area (Å²) < 4.78 is 0. The van der Waals surface area contributed by atoms with E-state index in [2.05, 4.69) is 18.7 Å². The molecule has 0 aromatic rings. The summed E-state index contributed by atoms with van der Waals surface area (Å²) in [4.78, 5) is 2.30. The van der Waals surface area contributed by atoms with Crippen molar-refractivity contribution in [2.75, 3.05) is 26.2 Å². The second kappa shape index (κ2) is 6.05. The van der Waals surface area contributed by atoms with Crippen LogP contribution in [0.25, 0.3) is 0 Å². The Labute approximate surface area is 58.0 Å². The molecule has 2 nitrogen and oxygen atoms in total. The Hall–Kier alpha value is -0.0800. The molecule has 55 valence electrons. The number of hydrogen-bond donors (Lipinski definition) is 1. The molecule has 0 aromatic heterocycles. The summed E-state index contributed by atoms with van der Waals surface area (Å²) in [5.74, 6) is 0. The van der Waals surface area contributed by atoms with Gasteiger partial charge in [0.15, 0.2) is 0 Å². The van der Waals surface area contributed by atoms with Gasteiger partial charge in [-0.25, -0.2) is 0 Å². The fourth-order valence-corrected chi connectivity index (χ4v) is 0.834. The fourth-order valence-electron chi connectivity index (χ4n) is 0.834. The van der Waals surface area contributed by atoms with Gasteiger partial charge in [0.2, 0.25) is 0 Å². The molecule has 2 heteroatoms. The van der Waals surface area contributed by atoms with Crippen molar-refractivity contribution in [3.8, 4) is 0 Å². The maximum atomic E-state index is 5.37. The molecule has 0 aliphatic carbocycles. The molecule has 0 aliphatic heterocycles. The van der Waals surface area contributed by atoms with Crippen LogP contribution in [0.5, 0.6) is 0 Å². The summed E-state index contributed by atoms with van der Waals surface area (Å²) >= 11 is 0. The molecule has 0 saturated heterocycles. The van der Waals surface area contributed by atoms with Crippen molar-refractivity contribution in [3.05, 3.63) is 6.92 Å². The number of nitrogens with two attached hydrogens (primary N) is 1. The first-order valence-corrected chi connectivity index (χ1v) is 3.56. The lowest BCUT2D eigenvalue weighted by Gasteiger charge is -2.17. The summed E-state index contributed by atoms with van der Waals surface area (Å²) in [5.41, 5.74) is 5.37. The first-order chi connectivity index (χ1) is 4.35. The maximum absolute atomic E-state index is 5.37. The van der Waals surface area contributed by atoms with E-state index in [9.17, 15) is 0 Å². The van der Waals surface area contributed by atoms with E-state index in [-0.39, 0.29) is 0 Å². The number of likely N-dealkylation sites (N-methyl/N-ethyl adjacent to an activating group) is 1. The van der Waals surface area contributed by atoms with Gasteiger partial charge in [-0.15, -0.1) is 0 Å². The third-order valence-electron chi connectivity index (χ3n) is 1.37. The van der Waals surface area contributed by atoms with E-state index < -0.39 is 0 Å². The minimum atomic E-state index is 0.758. The van der Waals surface area contributed by atoms with Crippen LogP contribution >= 0.6 is 0 Å². The van der Waals surface area contributed by atoms with Gasteiger partial charge in [0.1, 0.15) is 0 Å². The third-order valence-corrected chi connectivity index (χ3v) is 1.37. The minimum absolute atomic E-state index is 0.758. The predicted octanol–water partition coefficient (Wildman–Crippen LogP) is 0.491. The zero-order valence-electron chi connectivity index (χ0n) is 6.27. The topological polar surface area (TPSA) is 29.3 Å². The molecule has 0 atom stereocenters. The van der Waals surface area contributed by atoms with E-state index in [0.29, 0.717) is 0 Å². The first kappa shape index (κ1) is 8.92. The molecular formula is C7H17N2. The van der Waals surface area contributed by atoms with E-state index in [1.54, 1.807) is 0 Å². The second-order valence-corrected chi connectivity index (χ2v) is 2.08. The molecule has 9 heavy (non-hydrogen) atoms. The maximum Gasteiger partial charge on any atom is 0.0104 e. The van der Waals surface area contributed by atoms with Crippen LogP contribution in [-0.4, -0.2) is 31.1 Å². The van der Waals surface area contributed by atoms with Crippen molar-refractivity contribution < 1.29 is 0 Å². The highest BCUT2D eigenvalue weighted by molar-refractivity contribution is 4.55. The lowest BCUT2D eigenvalue weighted by Crippen LogP contribution is -2.29. The van der Waals surface area contributed by atoms with Crippen LogP contribution < -0.4 is 5.73 Å². The van der Waals surface area contributed by atoms with Crippen LogP contribution in [0.4, 0.5) is 0 Å². The van der Waals surface area contributed by atoms with Crippen LogP contribution in [0.3, 0.4) is 0 Å². The highest BCUT2D eigenvalue weighted by Crippen LogP contribution is 1.87. The second-order valence-electron chi connectivity index (χ2n) is 2.08.